The zero-order valence-corrected chi connectivity index (χ0v) is 30.8. The van der Waals surface area contributed by atoms with Gasteiger partial charge in [0.2, 0.25) is 0 Å². The molecule has 6 atom stereocenters. The summed E-state index contributed by atoms with van der Waals surface area (Å²) in [7, 11) is 0. The lowest BCUT2D eigenvalue weighted by Crippen LogP contribution is -2.31. The second kappa shape index (κ2) is 14.0. The standard InChI is InChI=1S/C41H46O13/c1-40(2,3)37(25-11-19(7-9-27(25)44)35-31(48)17-23-29(46)13-21(42)15-33(23)51-35)53-39(50)54-38(41(4,5)6)26-12-20(8-10-28(26)45)36-32(49)18-24-30(47)14-22(43)16-34(24)52-36/h7-16,31-32,35-38,42-49H,17-18H2,1-6H3/t31-,32-,35-,36-,37?,38?/m1/s1. The van der Waals surface area contributed by atoms with Gasteiger partial charge in [0.1, 0.15) is 70.4 Å². The third-order valence-corrected chi connectivity index (χ3v) is 9.70. The Bertz CT molecular complexity index is 1920. The van der Waals surface area contributed by atoms with E-state index in [0.29, 0.717) is 22.3 Å². The van der Waals surface area contributed by atoms with Crippen LogP contribution in [0, 0.1) is 10.8 Å². The highest BCUT2D eigenvalue weighted by molar-refractivity contribution is 5.62. The Morgan fingerprint density at radius 3 is 1.31 bits per heavy atom. The summed E-state index contributed by atoms with van der Waals surface area (Å²) in [5.74, 6) is -0.858. The van der Waals surface area contributed by atoms with Crippen molar-refractivity contribution in [3.63, 3.8) is 0 Å². The predicted molar refractivity (Wildman–Crippen MR) is 194 cm³/mol. The van der Waals surface area contributed by atoms with E-state index in [4.69, 9.17) is 18.9 Å². The lowest BCUT2D eigenvalue weighted by atomic mass is 9.82. The minimum absolute atomic E-state index is 0.0302. The van der Waals surface area contributed by atoms with Gasteiger partial charge in [0.25, 0.3) is 0 Å². The molecule has 13 nitrogen and oxygen atoms in total. The quantitative estimate of drug-likeness (QED) is 0.0932. The highest BCUT2D eigenvalue weighted by atomic mass is 16.7. The number of phenolic OH excluding ortho intramolecular Hbond substituents is 6. The molecular weight excluding hydrogens is 700 g/mol. The van der Waals surface area contributed by atoms with E-state index in [1.54, 1.807) is 65.8 Å². The molecule has 0 spiro atoms. The Balaban J connectivity index is 1.27. The van der Waals surface area contributed by atoms with Crippen molar-refractivity contribution in [2.24, 2.45) is 10.8 Å². The van der Waals surface area contributed by atoms with Gasteiger partial charge in [-0.3, -0.25) is 0 Å². The third kappa shape index (κ3) is 7.60. The Morgan fingerprint density at radius 2 is 0.963 bits per heavy atom. The molecule has 13 heteroatoms. The maximum atomic E-state index is 13.8. The van der Waals surface area contributed by atoms with Crippen molar-refractivity contribution in [1.29, 1.82) is 0 Å². The molecule has 2 aliphatic rings. The van der Waals surface area contributed by atoms with Crippen molar-refractivity contribution in [2.75, 3.05) is 0 Å². The van der Waals surface area contributed by atoms with Gasteiger partial charge < -0.3 is 59.8 Å². The molecule has 8 N–H and O–H groups in total. The number of rotatable bonds is 6. The van der Waals surface area contributed by atoms with Crippen molar-refractivity contribution >= 4 is 6.16 Å². The van der Waals surface area contributed by atoms with Crippen LogP contribution in [0.25, 0.3) is 0 Å². The van der Waals surface area contributed by atoms with Crippen LogP contribution in [0.4, 0.5) is 4.79 Å². The zero-order chi connectivity index (χ0) is 39.4. The van der Waals surface area contributed by atoms with E-state index >= 15 is 0 Å². The number of carbonyl (C=O) groups excluding carboxylic acids is 1. The SMILES string of the molecule is CC(C)(C)C(OC(=O)OC(c1cc([C@H]2Oc3cc(O)cc(O)c3C[C@H]2O)ccc1O)C(C)(C)C)c1cc([C@H]2Oc3cc(O)cc(O)c3C[C@H]2O)ccc1O. The van der Waals surface area contributed by atoms with E-state index in [1.165, 1.54) is 24.3 Å². The molecule has 54 heavy (non-hydrogen) atoms. The van der Waals surface area contributed by atoms with E-state index in [1.807, 2.05) is 0 Å². The fourth-order valence-corrected chi connectivity index (χ4v) is 7.05. The first-order valence-electron chi connectivity index (χ1n) is 17.5. The van der Waals surface area contributed by atoms with E-state index in [-0.39, 0.29) is 70.0 Å². The van der Waals surface area contributed by atoms with Crippen LogP contribution in [0.1, 0.15) is 99.3 Å². The highest BCUT2D eigenvalue weighted by Gasteiger charge is 2.40. The average Bonchev–Trinajstić information content (AvgIpc) is 3.06. The number of phenols is 6. The van der Waals surface area contributed by atoms with E-state index < -0.39 is 53.6 Å². The average molecular weight is 747 g/mol. The van der Waals surface area contributed by atoms with E-state index in [0.717, 1.165) is 12.1 Å². The molecule has 288 valence electrons. The summed E-state index contributed by atoms with van der Waals surface area (Å²) in [6.45, 7) is 10.8. The molecule has 2 heterocycles. The molecular formula is C41H46O13. The van der Waals surface area contributed by atoms with Gasteiger partial charge in [-0.2, -0.15) is 0 Å². The number of ether oxygens (including phenoxy) is 4. The molecule has 0 aromatic heterocycles. The molecule has 2 unspecified atom stereocenters. The summed E-state index contributed by atoms with van der Waals surface area (Å²) in [6, 6.07) is 14.0. The van der Waals surface area contributed by atoms with Crippen molar-refractivity contribution in [1.82, 2.24) is 0 Å². The summed E-state index contributed by atoms with van der Waals surface area (Å²) in [5.41, 5.74) is 0.343. The number of aromatic hydroxyl groups is 6. The molecule has 4 aromatic rings. The Hall–Kier alpha value is -5.53. The van der Waals surface area contributed by atoms with Gasteiger partial charge in [0.05, 0.1) is 12.2 Å². The van der Waals surface area contributed by atoms with Crippen LogP contribution in [-0.4, -0.2) is 59.2 Å². The van der Waals surface area contributed by atoms with Gasteiger partial charge in [-0.1, -0.05) is 53.7 Å². The van der Waals surface area contributed by atoms with Crippen LogP contribution in [0.5, 0.6) is 46.0 Å². The van der Waals surface area contributed by atoms with Crippen molar-refractivity contribution in [3.05, 3.63) is 94.0 Å². The van der Waals surface area contributed by atoms with Crippen molar-refractivity contribution in [3.8, 4) is 46.0 Å². The van der Waals surface area contributed by atoms with Gasteiger partial charge >= 0.3 is 6.16 Å². The Morgan fingerprint density at radius 1 is 0.593 bits per heavy atom. The smallest absolute Gasteiger partial charge is 0.508 e. The molecule has 0 saturated heterocycles. The zero-order valence-electron chi connectivity index (χ0n) is 30.8. The van der Waals surface area contributed by atoms with Gasteiger partial charge in [-0.25, -0.2) is 4.79 Å². The van der Waals surface area contributed by atoms with Crippen molar-refractivity contribution < 1.29 is 64.6 Å². The van der Waals surface area contributed by atoms with Crippen molar-refractivity contribution in [2.45, 2.75) is 91.0 Å². The summed E-state index contributed by atoms with van der Waals surface area (Å²) in [4.78, 5) is 13.8. The molecule has 0 amide bonds. The molecule has 0 bridgehead atoms. The maximum Gasteiger partial charge on any atom is 0.509 e. The molecule has 4 aromatic carbocycles. The number of aliphatic hydroxyl groups excluding tert-OH is 2. The monoisotopic (exact) mass is 746 g/mol. The third-order valence-electron chi connectivity index (χ3n) is 9.70. The molecule has 6 rings (SSSR count). The predicted octanol–water partition coefficient (Wildman–Crippen LogP) is 7.02. The topological polar surface area (TPSA) is 216 Å². The number of hydrogen-bond donors (Lipinski definition) is 8. The van der Waals surface area contributed by atoms with E-state index in [9.17, 15) is 45.6 Å². The fraction of sp³-hybridized carbons (Fsp3) is 0.390. The van der Waals surface area contributed by atoms with Crippen LogP contribution in [-0.2, 0) is 22.3 Å². The van der Waals surface area contributed by atoms with E-state index in [2.05, 4.69) is 0 Å². The Labute approximate surface area is 312 Å². The van der Waals surface area contributed by atoms with Gasteiger partial charge in [0, 0.05) is 70.2 Å². The number of aliphatic hydroxyl groups is 2. The second-order valence-corrected chi connectivity index (χ2v) is 16.1. The highest BCUT2D eigenvalue weighted by Crippen LogP contribution is 2.48. The van der Waals surface area contributed by atoms with Gasteiger partial charge in [0.15, 0.2) is 0 Å². The Kier molecular flexibility index (Phi) is 9.93. The first-order valence-corrected chi connectivity index (χ1v) is 17.5. The van der Waals surface area contributed by atoms with Crippen LogP contribution < -0.4 is 9.47 Å². The largest absolute Gasteiger partial charge is 0.509 e. The molecule has 0 aliphatic carbocycles. The minimum Gasteiger partial charge on any atom is -0.508 e. The fourth-order valence-electron chi connectivity index (χ4n) is 7.05. The lowest BCUT2D eigenvalue weighted by molar-refractivity contribution is -0.0593. The second-order valence-electron chi connectivity index (χ2n) is 16.1. The number of benzene rings is 4. The molecule has 0 saturated carbocycles. The summed E-state index contributed by atoms with van der Waals surface area (Å²) in [5, 5.41) is 84.8. The number of hydrogen-bond acceptors (Lipinski definition) is 13. The van der Waals surface area contributed by atoms with Crippen LogP contribution in [0.3, 0.4) is 0 Å². The normalized spacial score (nSPS) is 20.7. The van der Waals surface area contributed by atoms with Gasteiger partial charge in [-0.15, -0.1) is 0 Å². The summed E-state index contributed by atoms with van der Waals surface area (Å²) >= 11 is 0. The first kappa shape index (κ1) is 38.2. The minimum atomic E-state index is -1.10. The first-order chi connectivity index (χ1) is 25.2. The maximum absolute atomic E-state index is 13.8. The lowest BCUT2D eigenvalue weighted by Gasteiger charge is -2.35. The number of fused-ring (bicyclic) bond motifs is 2. The number of carbonyl (C=O) groups is 1. The summed E-state index contributed by atoms with van der Waals surface area (Å²) in [6.07, 6.45) is -7.35. The van der Waals surface area contributed by atoms with Crippen LogP contribution in [0.15, 0.2) is 60.7 Å². The molecule has 0 radical (unpaired) electrons. The summed E-state index contributed by atoms with van der Waals surface area (Å²) < 4.78 is 24.0. The molecule has 2 aliphatic heterocycles. The molecule has 0 fully saturated rings. The van der Waals surface area contributed by atoms with Crippen LogP contribution in [0.2, 0.25) is 0 Å². The van der Waals surface area contributed by atoms with Crippen LogP contribution >= 0.6 is 0 Å². The van der Waals surface area contributed by atoms with Gasteiger partial charge in [-0.05, 0) is 35.4 Å².